The molecular formula is C35H33N3O6. The van der Waals surface area contributed by atoms with Crippen LogP contribution in [0.1, 0.15) is 48.0 Å². The van der Waals surface area contributed by atoms with E-state index in [-0.39, 0.29) is 36.8 Å². The first-order chi connectivity index (χ1) is 21.3. The van der Waals surface area contributed by atoms with Crippen LogP contribution in [0.3, 0.4) is 0 Å². The monoisotopic (exact) mass is 591 g/mol. The summed E-state index contributed by atoms with van der Waals surface area (Å²) < 4.78 is 12.3. The Morgan fingerprint density at radius 3 is 2.43 bits per heavy atom. The summed E-state index contributed by atoms with van der Waals surface area (Å²) in [5.41, 5.74) is 0.509. The van der Waals surface area contributed by atoms with Gasteiger partial charge in [-0.05, 0) is 61.1 Å². The number of anilines is 1. The number of piperidine rings is 3. The molecular weight excluding hydrogens is 558 g/mol. The van der Waals surface area contributed by atoms with E-state index < -0.39 is 28.6 Å². The molecule has 2 bridgehead atoms. The normalized spacial score (nSPS) is 30.5. The zero-order valence-electron chi connectivity index (χ0n) is 24.5. The van der Waals surface area contributed by atoms with Crippen molar-refractivity contribution in [3.8, 4) is 11.1 Å². The van der Waals surface area contributed by atoms with Gasteiger partial charge in [0, 0.05) is 18.8 Å². The minimum atomic E-state index is -1.64. The Balaban J connectivity index is 1.02. The van der Waals surface area contributed by atoms with Gasteiger partial charge >= 0.3 is 5.97 Å². The lowest BCUT2D eigenvalue weighted by atomic mass is 9.59. The number of carbonyl (C=O) groups is 4. The molecule has 0 radical (unpaired) electrons. The number of ketones is 1. The average molecular weight is 592 g/mol. The molecule has 1 spiro atoms. The van der Waals surface area contributed by atoms with E-state index in [4.69, 9.17) is 9.47 Å². The maximum atomic E-state index is 14.3. The molecule has 224 valence electrons. The maximum Gasteiger partial charge on any atom is 0.338 e. The highest BCUT2D eigenvalue weighted by molar-refractivity contribution is 6.14. The van der Waals surface area contributed by atoms with Crippen LogP contribution in [0.25, 0.3) is 11.1 Å². The maximum absolute atomic E-state index is 14.3. The third kappa shape index (κ3) is 3.28. The fraction of sp³-hybridized carbons (Fsp3) is 0.371. The number of rotatable bonds is 7. The number of hydrogen-bond donors (Lipinski definition) is 1. The molecule has 44 heavy (non-hydrogen) atoms. The largest absolute Gasteiger partial charge is 0.460 e. The summed E-state index contributed by atoms with van der Waals surface area (Å²) in [6, 6.07) is 24.7. The van der Waals surface area contributed by atoms with Crippen molar-refractivity contribution in [2.75, 3.05) is 31.1 Å². The minimum absolute atomic E-state index is 0.00139. The van der Waals surface area contributed by atoms with Crippen molar-refractivity contribution in [3.05, 3.63) is 90.0 Å². The number of nitrogens with zero attached hydrogens (tertiary/aromatic N) is 2. The average Bonchev–Trinajstić information content (AvgIpc) is 3.67. The summed E-state index contributed by atoms with van der Waals surface area (Å²) in [6.45, 7) is 2.60. The van der Waals surface area contributed by atoms with Gasteiger partial charge in [0.1, 0.15) is 12.0 Å². The quantitative estimate of drug-likeness (QED) is 0.254. The minimum Gasteiger partial charge on any atom is -0.460 e. The fourth-order valence-electron chi connectivity index (χ4n) is 8.82. The molecule has 0 aliphatic carbocycles. The molecule has 5 heterocycles. The Kier molecular flexibility index (Phi) is 5.85. The highest BCUT2D eigenvalue weighted by Crippen LogP contribution is 2.71. The van der Waals surface area contributed by atoms with Crippen LogP contribution in [0.5, 0.6) is 0 Å². The van der Waals surface area contributed by atoms with Crippen LogP contribution in [-0.2, 0) is 23.9 Å². The van der Waals surface area contributed by atoms with Gasteiger partial charge in [0.15, 0.2) is 11.5 Å². The van der Waals surface area contributed by atoms with E-state index >= 15 is 0 Å². The van der Waals surface area contributed by atoms with E-state index in [0.717, 1.165) is 22.4 Å². The molecule has 3 aromatic carbocycles. The van der Waals surface area contributed by atoms with Gasteiger partial charge in [0.05, 0.1) is 24.1 Å². The van der Waals surface area contributed by atoms with E-state index in [0.29, 0.717) is 37.9 Å². The van der Waals surface area contributed by atoms with E-state index in [1.54, 1.807) is 17.0 Å². The third-order valence-corrected chi connectivity index (χ3v) is 10.6. The summed E-state index contributed by atoms with van der Waals surface area (Å²) in [7, 11) is 0. The Labute approximate surface area is 255 Å². The number of benzene rings is 3. The molecule has 5 atom stereocenters. The molecule has 0 unspecified atom stereocenters. The van der Waals surface area contributed by atoms with Crippen molar-refractivity contribution in [3.63, 3.8) is 0 Å². The second kappa shape index (κ2) is 9.50. The van der Waals surface area contributed by atoms with Gasteiger partial charge in [-0.3, -0.25) is 14.4 Å². The smallest absolute Gasteiger partial charge is 0.338 e. The lowest BCUT2D eigenvalue weighted by Crippen LogP contribution is -2.78. The number of esters is 1. The van der Waals surface area contributed by atoms with Crippen LogP contribution in [0, 0.1) is 5.41 Å². The van der Waals surface area contributed by atoms with Crippen LogP contribution in [0.15, 0.2) is 78.9 Å². The van der Waals surface area contributed by atoms with Gasteiger partial charge in [-0.1, -0.05) is 60.7 Å². The number of para-hydroxylation sites is 1. The number of carbonyl (C=O) groups excluding carboxylic acids is 4. The third-order valence-electron chi connectivity index (χ3n) is 10.6. The molecule has 4 saturated heterocycles. The Morgan fingerprint density at radius 2 is 1.66 bits per heavy atom. The molecule has 1 N–H and O–H groups in total. The van der Waals surface area contributed by atoms with Crippen LogP contribution in [0.4, 0.5) is 5.69 Å². The zero-order valence-corrected chi connectivity index (χ0v) is 24.5. The second-order valence-electron chi connectivity index (χ2n) is 12.5. The van der Waals surface area contributed by atoms with Crippen LogP contribution in [-0.4, -0.2) is 72.1 Å². The van der Waals surface area contributed by atoms with Crippen molar-refractivity contribution >= 4 is 29.3 Å². The van der Waals surface area contributed by atoms with Crippen molar-refractivity contribution in [1.29, 1.82) is 0 Å². The van der Waals surface area contributed by atoms with Crippen molar-refractivity contribution in [1.82, 2.24) is 10.2 Å². The molecule has 9 nitrogen and oxygen atoms in total. The Hall–Kier alpha value is -4.50. The van der Waals surface area contributed by atoms with Gasteiger partial charge in [0.25, 0.3) is 5.91 Å². The Morgan fingerprint density at radius 1 is 0.932 bits per heavy atom. The van der Waals surface area contributed by atoms with E-state index in [2.05, 4.69) is 10.2 Å². The summed E-state index contributed by atoms with van der Waals surface area (Å²) in [4.78, 5) is 58.4. The fourth-order valence-corrected chi connectivity index (χ4v) is 8.82. The van der Waals surface area contributed by atoms with E-state index in [1.165, 1.54) is 6.92 Å². The van der Waals surface area contributed by atoms with Gasteiger partial charge < -0.3 is 24.6 Å². The lowest BCUT2D eigenvalue weighted by molar-refractivity contribution is -0.214. The van der Waals surface area contributed by atoms with Crippen molar-refractivity contribution in [2.45, 2.75) is 49.5 Å². The number of ether oxygens (including phenoxy) is 2. The first-order valence-corrected chi connectivity index (χ1v) is 15.3. The summed E-state index contributed by atoms with van der Waals surface area (Å²) in [5.74, 6) is -1.81. The number of hydrogen-bond acceptors (Lipinski definition) is 7. The summed E-state index contributed by atoms with van der Waals surface area (Å²) in [6.07, 6.45) is 1.65. The van der Waals surface area contributed by atoms with Crippen molar-refractivity contribution in [2.24, 2.45) is 5.41 Å². The van der Waals surface area contributed by atoms with Gasteiger partial charge in [0.2, 0.25) is 11.5 Å². The number of amides is 2. The summed E-state index contributed by atoms with van der Waals surface area (Å²) >= 11 is 0. The van der Waals surface area contributed by atoms with Gasteiger partial charge in [-0.2, -0.15) is 0 Å². The molecule has 9 heteroatoms. The van der Waals surface area contributed by atoms with E-state index in [1.807, 2.05) is 66.7 Å². The van der Waals surface area contributed by atoms with Gasteiger partial charge in [-0.25, -0.2) is 4.79 Å². The van der Waals surface area contributed by atoms with Crippen LogP contribution in [0.2, 0.25) is 0 Å². The van der Waals surface area contributed by atoms with Gasteiger partial charge in [-0.15, -0.1) is 0 Å². The molecule has 2 amide bonds. The topological polar surface area (TPSA) is 105 Å². The van der Waals surface area contributed by atoms with E-state index in [9.17, 15) is 19.2 Å². The van der Waals surface area contributed by atoms with Crippen LogP contribution >= 0.6 is 0 Å². The first-order valence-electron chi connectivity index (χ1n) is 15.3. The van der Waals surface area contributed by atoms with Crippen molar-refractivity contribution < 1.29 is 28.7 Å². The predicted molar refractivity (Wildman–Crippen MR) is 161 cm³/mol. The lowest BCUT2D eigenvalue weighted by Gasteiger charge is -2.60. The predicted octanol–water partition coefficient (Wildman–Crippen LogP) is 3.68. The first kappa shape index (κ1) is 27.1. The zero-order chi connectivity index (χ0) is 30.3. The second-order valence-corrected chi connectivity index (χ2v) is 12.5. The standard InChI is InChI=1S/C35H33N3O6/c1-22(39)34-28-26-10-5-6-11-27(26)37-20-17-33(16-7-19-38(32(34)42)35(33,44-34)29(28)37)31(41)36-18-21-43-30(40)25-14-12-24(13-15-25)23-8-3-2-4-9-23/h2-6,8-15,28-29H,7,16-21H2,1H3,(H,36,41)/t28-,29+,33-,34-,35-/m0/s1. The number of fused-ring (bicyclic) bond motifs is 5. The molecule has 5 aliphatic heterocycles. The highest BCUT2D eigenvalue weighted by Gasteiger charge is 2.87. The SMILES string of the molecule is CC(=O)[C@]12O[C@@]34[C@H]5[C@@H]1c1ccccc1N5CC[C@]3(C(=O)NCCOC(=O)c1ccc(-c3ccccc3)cc1)CCCN4C2=O. The Bertz CT molecular complexity index is 1710. The molecule has 5 aliphatic rings. The molecule has 8 rings (SSSR count). The molecule has 0 aromatic heterocycles. The molecule has 0 saturated carbocycles. The number of Topliss-reactive ketones (excluding diaryl/α,β-unsaturated/α-hetero) is 1. The number of nitrogens with one attached hydrogen (secondary N) is 1. The molecule has 4 fully saturated rings. The molecule has 3 aromatic rings. The van der Waals surface area contributed by atoms with Crippen LogP contribution < -0.4 is 10.2 Å². The highest BCUT2D eigenvalue weighted by atomic mass is 16.6. The summed E-state index contributed by atoms with van der Waals surface area (Å²) in [5, 5.41) is 3.02.